The first-order chi connectivity index (χ1) is 12.2. The average Bonchev–Trinajstić information content (AvgIpc) is 2.64. The summed E-state index contributed by atoms with van der Waals surface area (Å²) in [4.78, 5) is 4.58. The van der Waals surface area contributed by atoms with Gasteiger partial charge in [-0.25, -0.2) is 0 Å². The van der Waals surface area contributed by atoms with E-state index < -0.39 is 17.0 Å². The van der Waals surface area contributed by atoms with Crippen LogP contribution >= 0.6 is 18.6 Å². The van der Waals surface area contributed by atoms with Crippen LogP contribution in [0, 0.1) is 0 Å². The summed E-state index contributed by atoms with van der Waals surface area (Å²) in [5, 5.41) is 10.6. The zero-order valence-electron chi connectivity index (χ0n) is 13.7. The maximum atomic E-state index is 10.6. The average molecular weight is 406 g/mol. The van der Waals surface area contributed by atoms with E-state index in [2.05, 4.69) is 4.99 Å². The quantitative estimate of drug-likeness (QED) is 0.387. The van der Waals surface area contributed by atoms with Crippen LogP contribution in [0.2, 0.25) is 0 Å². The number of benzene rings is 3. The molecule has 5 heteroatoms. The minimum absolute atomic E-state index is 0.269. The molecule has 0 aliphatic carbocycles. The summed E-state index contributed by atoms with van der Waals surface area (Å²) < 4.78 is 0. The van der Waals surface area contributed by atoms with Crippen molar-refractivity contribution in [2.75, 3.05) is 0 Å². The van der Waals surface area contributed by atoms with E-state index in [1.54, 1.807) is 0 Å². The SMILES string of the molecule is CC(=Nc1ccccc1)c1cccc(-c2ccccc2)c1O.[Cl][Ti][Cl]. The maximum absolute atomic E-state index is 10.6. The van der Waals surface area contributed by atoms with Gasteiger partial charge in [-0.1, -0.05) is 60.7 Å². The molecule has 3 aromatic carbocycles. The number of halogens is 2. The van der Waals surface area contributed by atoms with E-state index in [-0.39, 0.29) is 5.75 Å². The molecule has 0 heterocycles. The molecule has 0 aliphatic rings. The Morgan fingerprint density at radius 1 is 0.840 bits per heavy atom. The van der Waals surface area contributed by atoms with E-state index in [1.165, 1.54) is 0 Å². The normalized spacial score (nSPS) is 10.6. The van der Waals surface area contributed by atoms with Gasteiger partial charge in [0.15, 0.2) is 0 Å². The molecule has 0 radical (unpaired) electrons. The van der Waals surface area contributed by atoms with Crippen molar-refractivity contribution in [1.82, 2.24) is 0 Å². The molecule has 0 aliphatic heterocycles. The number of hydrogen-bond donors (Lipinski definition) is 1. The second-order valence-corrected chi connectivity index (χ2v) is 7.75. The molecule has 0 atom stereocenters. The van der Waals surface area contributed by atoms with Crippen molar-refractivity contribution in [2.45, 2.75) is 6.92 Å². The number of rotatable bonds is 3. The molecule has 0 spiro atoms. The van der Waals surface area contributed by atoms with Crippen molar-refractivity contribution in [3.05, 3.63) is 84.4 Å². The predicted molar refractivity (Wildman–Crippen MR) is 104 cm³/mol. The molecule has 1 N–H and O–H groups in total. The van der Waals surface area contributed by atoms with Gasteiger partial charge in [-0.15, -0.1) is 0 Å². The molecule has 0 saturated heterocycles. The van der Waals surface area contributed by atoms with Crippen LogP contribution in [0.5, 0.6) is 5.75 Å². The van der Waals surface area contributed by atoms with Crippen molar-refractivity contribution >= 4 is 30.0 Å². The number of aromatic hydroxyl groups is 1. The second-order valence-electron chi connectivity index (χ2n) is 5.17. The molecule has 0 fully saturated rings. The standard InChI is InChI=1S/C20H17NO.2ClH.Ti/c1-15(21-17-11-6-3-7-12-17)18-13-8-14-19(20(18)22)16-9-4-2-5-10-16;;;/h2-14,22H,1H3;2*1H;/q;;;+2/p-2. The molecule has 25 heavy (non-hydrogen) atoms. The Morgan fingerprint density at radius 2 is 1.40 bits per heavy atom. The van der Waals surface area contributed by atoms with Crippen LogP contribution in [0.4, 0.5) is 5.69 Å². The number of para-hydroxylation sites is 2. The monoisotopic (exact) mass is 405 g/mol. The summed E-state index contributed by atoms with van der Waals surface area (Å²) >= 11 is -0.556. The molecule has 126 valence electrons. The first-order valence-electron chi connectivity index (χ1n) is 7.61. The third kappa shape index (κ3) is 5.72. The number of nitrogens with zero attached hydrogens (tertiary/aromatic N) is 1. The summed E-state index contributed by atoms with van der Waals surface area (Å²) in [5.41, 5.74) is 4.24. The zero-order valence-corrected chi connectivity index (χ0v) is 16.7. The molecule has 0 saturated carbocycles. The van der Waals surface area contributed by atoms with Crippen LogP contribution in [0.25, 0.3) is 11.1 Å². The Bertz CT molecular complexity index is 824. The van der Waals surface area contributed by atoms with E-state index >= 15 is 0 Å². The van der Waals surface area contributed by atoms with Gasteiger partial charge in [0.1, 0.15) is 5.75 Å². The molecule has 0 bridgehead atoms. The first-order valence-corrected chi connectivity index (χ1v) is 11.9. The van der Waals surface area contributed by atoms with Gasteiger partial charge in [0.05, 0.1) is 5.69 Å². The van der Waals surface area contributed by atoms with Gasteiger partial charge < -0.3 is 5.11 Å². The molecular weight excluding hydrogens is 389 g/mol. The van der Waals surface area contributed by atoms with Crippen LogP contribution in [0.15, 0.2) is 83.9 Å². The molecule has 0 unspecified atom stereocenters. The summed E-state index contributed by atoms with van der Waals surface area (Å²) in [6.07, 6.45) is 0. The molecular formula is C20H17Cl2NOTi. The van der Waals surface area contributed by atoms with Crippen molar-refractivity contribution in [2.24, 2.45) is 4.99 Å². The van der Waals surface area contributed by atoms with Gasteiger partial charge in [0.2, 0.25) is 0 Å². The summed E-state index contributed by atoms with van der Waals surface area (Å²) in [6.45, 7) is 1.91. The van der Waals surface area contributed by atoms with Crippen LogP contribution in [0.3, 0.4) is 0 Å². The molecule has 3 rings (SSSR count). The zero-order chi connectivity index (χ0) is 18.1. The van der Waals surface area contributed by atoms with Gasteiger partial charge in [0.25, 0.3) is 0 Å². The number of phenols is 1. The van der Waals surface area contributed by atoms with Crippen LogP contribution < -0.4 is 0 Å². The van der Waals surface area contributed by atoms with Gasteiger partial charge in [-0.05, 0) is 30.7 Å². The number of aliphatic imine (C=N–C) groups is 1. The number of hydrogen-bond acceptors (Lipinski definition) is 2. The number of phenolic OH excluding ortho intramolecular Hbond substituents is 1. The van der Waals surface area contributed by atoms with Gasteiger partial charge in [0, 0.05) is 16.8 Å². The van der Waals surface area contributed by atoms with Crippen molar-refractivity contribution in [1.29, 1.82) is 0 Å². The Hall–Kier alpha value is -1.58. The Labute approximate surface area is 164 Å². The summed E-state index contributed by atoms with van der Waals surface area (Å²) in [7, 11) is 9.78. The molecule has 2 nitrogen and oxygen atoms in total. The van der Waals surface area contributed by atoms with Crippen molar-refractivity contribution in [3.8, 4) is 16.9 Å². The van der Waals surface area contributed by atoms with Gasteiger partial charge in [-0.3, -0.25) is 4.99 Å². The third-order valence-corrected chi connectivity index (χ3v) is 3.56. The Kier molecular flexibility index (Phi) is 8.23. The fraction of sp³-hybridized carbons (Fsp3) is 0.0500. The Morgan fingerprint density at radius 3 is 2.00 bits per heavy atom. The van der Waals surface area contributed by atoms with Crippen molar-refractivity contribution < 1.29 is 22.1 Å². The summed E-state index contributed by atoms with van der Waals surface area (Å²) in [5.74, 6) is 0.269. The molecule has 0 aromatic heterocycles. The fourth-order valence-electron chi connectivity index (χ4n) is 2.44. The van der Waals surface area contributed by atoms with Crippen LogP contribution in [-0.4, -0.2) is 10.8 Å². The van der Waals surface area contributed by atoms with E-state index in [1.807, 2.05) is 85.8 Å². The second kappa shape index (κ2) is 10.4. The molecule has 0 amide bonds. The summed E-state index contributed by atoms with van der Waals surface area (Å²) in [6, 6.07) is 25.4. The molecule has 3 aromatic rings. The van der Waals surface area contributed by atoms with Crippen LogP contribution in [-0.2, 0) is 17.0 Å². The topological polar surface area (TPSA) is 32.6 Å². The van der Waals surface area contributed by atoms with Crippen LogP contribution in [0.1, 0.15) is 12.5 Å². The van der Waals surface area contributed by atoms with E-state index in [4.69, 9.17) is 18.6 Å². The van der Waals surface area contributed by atoms with Gasteiger partial charge >= 0.3 is 35.6 Å². The first kappa shape index (κ1) is 19.7. The fourth-order valence-corrected chi connectivity index (χ4v) is 2.44. The van der Waals surface area contributed by atoms with E-state index in [0.29, 0.717) is 0 Å². The van der Waals surface area contributed by atoms with E-state index in [9.17, 15) is 5.11 Å². The Balaban J connectivity index is 0.000000701. The van der Waals surface area contributed by atoms with E-state index in [0.717, 1.165) is 28.1 Å². The van der Waals surface area contributed by atoms with Gasteiger partial charge in [-0.2, -0.15) is 0 Å². The third-order valence-electron chi connectivity index (χ3n) is 3.56. The minimum atomic E-state index is -0.556. The predicted octanol–water partition coefficient (Wildman–Crippen LogP) is 6.58. The van der Waals surface area contributed by atoms with Crippen molar-refractivity contribution in [3.63, 3.8) is 0 Å².